The van der Waals surface area contributed by atoms with Crippen LogP contribution in [-0.2, 0) is 0 Å². The van der Waals surface area contributed by atoms with Gasteiger partial charge in [0.2, 0.25) is 0 Å². The minimum Gasteiger partial charge on any atom is -0.462 e. The summed E-state index contributed by atoms with van der Waals surface area (Å²) in [4.78, 5) is 11.0. The normalized spacial score (nSPS) is 15.6. The van der Waals surface area contributed by atoms with Crippen molar-refractivity contribution < 1.29 is 4.74 Å². The fourth-order valence-corrected chi connectivity index (χ4v) is 2.08. The summed E-state index contributed by atoms with van der Waals surface area (Å²) in [6, 6.07) is 6.62. The molecular formula is C14H17N3O. The molecule has 18 heavy (non-hydrogen) atoms. The Bertz CT molecular complexity index is 552. The maximum absolute atomic E-state index is 5.59. The Hall–Kier alpha value is -1.68. The van der Waals surface area contributed by atoms with E-state index in [9.17, 15) is 0 Å². The Morgan fingerprint density at radius 2 is 2.22 bits per heavy atom. The predicted molar refractivity (Wildman–Crippen MR) is 70.8 cm³/mol. The molecule has 2 heterocycles. The maximum atomic E-state index is 5.59. The molecule has 0 bridgehead atoms. The average molecular weight is 243 g/mol. The van der Waals surface area contributed by atoms with Crippen LogP contribution >= 0.6 is 0 Å². The van der Waals surface area contributed by atoms with Crippen LogP contribution in [-0.4, -0.2) is 41.1 Å². The highest BCUT2D eigenvalue weighted by atomic mass is 16.5. The van der Waals surface area contributed by atoms with Crippen LogP contribution in [0, 0.1) is 6.92 Å². The van der Waals surface area contributed by atoms with Gasteiger partial charge in [-0.15, -0.1) is 0 Å². The van der Waals surface area contributed by atoms with Crippen LogP contribution in [0.15, 0.2) is 24.4 Å². The highest BCUT2D eigenvalue weighted by Gasteiger charge is 2.13. The number of hydrogen-bond acceptors (Lipinski definition) is 4. The molecule has 1 aromatic carbocycles. The molecule has 0 spiro atoms. The molecule has 0 amide bonds. The van der Waals surface area contributed by atoms with Gasteiger partial charge < -0.3 is 4.74 Å². The monoisotopic (exact) mass is 243 g/mol. The summed E-state index contributed by atoms with van der Waals surface area (Å²) in [7, 11) is 0. The minimum absolute atomic E-state index is 0.479. The van der Waals surface area contributed by atoms with E-state index in [1.807, 2.05) is 12.3 Å². The van der Waals surface area contributed by atoms with Gasteiger partial charge in [0.25, 0.3) is 0 Å². The molecule has 1 saturated heterocycles. The van der Waals surface area contributed by atoms with Crippen molar-refractivity contribution in [1.82, 2.24) is 14.9 Å². The quantitative estimate of drug-likeness (QED) is 0.823. The van der Waals surface area contributed by atoms with E-state index in [0.29, 0.717) is 12.6 Å². The van der Waals surface area contributed by atoms with E-state index >= 15 is 0 Å². The van der Waals surface area contributed by atoms with Gasteiger partial charge in [0, 0.05) is 18.1 Å². The summed E-state index contributed by atoms with van der Waals surface area (Å²) in [5.41, 5.74) is 2.16. The van der Waals surface area contributed by atoms with Crippen molar-refractivity contribution in [3.05, 3.63) is 30.0 Å². The van der Waals surface area contributed by atoms with Gasteiger partial charge in [-0.1, -0.05) is 11.6 Å². The van der Waals surface area contributed by atoms with Crippen molar-refractivity contribution in [1.29, 1.82) is 0 Å². The molecule has 1 aromatic heterocycles. The summed E-state index contributed by atoms with van der Waals surface area (Å²) in [6.45, 7) is 6.09. The minimum atomic E-state index is 0.479. The first kappa shape index (κ1) is 11.4. The molecule has 0 aliphatic carbocycles. The van der Waals surface area contributed by atoms with Gasteiger partial charge in [0.05, 0.1) is 5.52 Å². The summed E-state index contributed by atoms with van der Waals surface area (Å²) < 4.78 is 5.59. The van der Waals surface area contributed by atoms with Gasteiger partial charge >= 0.3 is 6.01 Å². The van der Waals surface area contributed by atoms with E-state index in [1.165, 1.54) is 25.1 Å². The van der Waals surface area contributed by atoms with Gasteiger partial charge in [0.15, 0.2) is 0 Å². The second-order valence-electron chi connectivity index (χ2n) is 4.76. The third-order valence-corrected chi connectivity index (χ3v) is 3.30. The van der Waals surface area contributed by atoms with Crippen molar-refractivity contribution in [3.8, 4) is 6.01 Å². The molecule has 0 atom stereocenters. The number of benzene rings is 1. The predicted octanol–water partition coefficient (Wildman–Crippen LogP) is 2.02. The second kappa shape index (κ2) is 4.90. The summed E-state index contributed by atoms with van der Waals surface area (Å²) >= 11 is 0. The highest BCUT2D eigenvalue weighted by Crippen LogP contribution is 2.15. The van der Waals surface area contributed by atoms with Crippen LogP contribution in [0.2, 0.25) is 0 Å². The smallest absolute Gasteiger partial charge is 0.316 e. The molecule has 0 N–H and O–H groups in total. The molecule has 2 aromatic rings. The van der Waals surface area contributed by atoms with Crippen LogP contribution in [0.1, 0.15) is 12.0 Å². The SMILES string of the molecule is Cc1ccc2nc(OCCN3CCC3)ncc2c1. The van der Waals surface area contributed by atoms with Crippen molar-refractivity contribution >= 4 is 10.9 Å². The van der Waals surface area contributed by atoms with Gasteiger partial charge in [-0.3, -0.25) is 4.90 Å². The number of ether oxygens (including phenoxy) is 1. The molecule has 0 radical (unpaired) electrons. The van der Waals surface area contributed by atoms with Crippen LogP contribution in [0.4, 0.5) is 0 Å². The molecule has 4 heteroatoms. The summed E-state index contributed by atoms with van der Waals surface area (Å²) in [5, 5.41) is 1.06. The molecule has 1 fully saturated rings. The number of hydrogen-bond donors (Lipinski definition) is 0. The van der Waals surface area contributed by atoms with Crippen molar-refractivity contribution in [2.24, 2.45) is 0 Å². The molecule has 0 saturated carbocycles. The molecule has 4 nitrogen and oxygen atoms in total. The standard InChI is InChI=1S/C14H17N3O/c1-11-3-4-13-12(9-11)10-15-14(16-13)18-8-7-17-5-2-6-17/h3-4,9-10H,2,5-8H2,1H3. The van der Waals surface area contributed by atoms with Gasteiger partial charge in [-0.25, -0.2) is 4.98 Å². The first-order valence-electron chi connectivity index (χ1n) is 6.40. The zero-order valence-corrected chi connectivity index (χ0v) is 10.6. The topological polar surface area (TPSA) is 38.2 Å². The largest absolute Gasteiger partial charge is 0.462 e. The van der Waals surface area contributed by atoms with E-state index in [4.69, 9.17) is 4.74 Å². The molecule has 1 aliphatic heterocycles. The van der Waals surface area contributed by atoms with E-state index in [-0.39, 0.29) is 0 Å². The van der Waals surface area contributed by atoms with Gasteiger partial charge in [0.1, 0.15) is 6.61 Å². The highest BCUT2D eigenvalue weighted by molar-refractivity contribution is 5.78. The molecule has 0 unspecified atom stereocenters. The fraction of sp³-hybridized carbons (Fsp3) is 0.429. The van der Waals surface area contributed by atoms with Gasteiger partial charge in [-0.2, -0.15) is 4.98 Å². The lowest BCUT2D eigenvalue weighted by molar-refractivity contribution is 0.143. The first-order valence-corrected chi connectivity index (χ1v) is 6.40. The molecular weight excluding hydrogens is 226 g/mol. The number of nitrogens with zero attached hydrogens (tertiary/aromatic N) is 3. The van der Waals surface area contributed by atoms with E-state index < -0.39 is 0 Å². The van der Waals surface area contributed by atoms with Crippen LogP contribution in [0.3, 0.4) is 0 Å². The van der Waals surface area contributed by atoms with Crippen molar-refractivity contribution in [3.63, 3.8) is 0 Å². The lowest BCUT2D eigenvalue weighted by Crippen LogP contribution is -2.39. The maximum Gasteiger partial charge on any atom is 0.316 e. The van der Waals surface area contributed by atoms with Gasteiger partial charge in [-0.05, 0) is 38.6 Å². The number of aryl methyl sites for hydroxylation is 1. The number of aromatic nitrogens is 2. The Balaban J connectivity index is 1.66. The Morgan fingerprint density at radius 1 is 1.33 bits per heavy atom. The van der Waals surface area contributed by atoms with E-state index in [1.54, 1.807) is 0 Å². The van der Waals surface area contributed by atoms with Crippen LogP contribution in [0.25, 0.3) is 10.9 Å². The van der Waals surface area contributed by atoms with E-state index in [0.717, 1.165) is 17.4 Å². The number of likely N-dealkylation sites (tertiary alicyclic amines) is 1. The zero-order valence-electron chi connectivity index (χ0n) is 10.6. The first-order chi connectivity index (χ1) is 8.81. The number of fused-ring (bicyclic) bond motifs is 1. The van der Waals surface area contributed by atoms with Crippen LogP contribution in [0.5, 0.6) is 6.01 Å². The molecule has 1 aliphatic rings. The average Bonchev–Trinajstić information content (AvgIpc) is 2.32. The Kier molecular flexibility index (Phi) is 3.11. The van der Waals surface area contributed by atoms with E-state index in [2.05, 4.69) is 33.9 Å². The zero-order chi connectivity index (χ0) is 12.4. The lowest BCUT2D eigenvalue weighted by Gasteiger charge is -2.30. The lowest BCUT2D eigenvalue weighted by atomic mass is 10.2. The van der Waals surface area contributed by atoms with Crippen LogP contribution < -0.4 is 4.74 Å². The second-order valence-corrected chi connectivity index (χ2v) is 4.76. The fourth-order valence-electron chi connectivity index (χ4n) is 2.08. The third-order valence-electron chi connectivity index (χ3n) is 3.30. The van der Waals surface area contributed by atoms with Crippen molar-refractivity contribution in [2.75, 3.05) is 26.2 Å². The summed E-state index contributed by atoms with van der Waals surface area (Å²) in [5.74, 6) is 0. The Labute approximate surface area is 107 Å². The van der Waals surface area contributed by atoms with Crippen molar-refractivity contribution in [2.45, 2.75) is 13.3 Å². The Morgan fingerprint density at radius 3 is 3.00 bits per heavy atom. The molecule has 94 valence electrons. The third kappa shape index (κ3) is 2.43. The molecule has 3 rings (SSSR count). The number of rotatable bonds is 4. The summed E-state index contributed by atoms with van der Waals surface area (Å²) in [6.07, 6.45) is 3.14.